The van der Waals surface area contributed by atoms with Crippen molar-refractivity contribution >= 4 is 28.7 Å². The smallest absolute Gasteiger partial charge is 0.417 e. The number of rotatable bonds is 1. The lowest BCUT2D eigenvalue weighted by molar-refractivity contribution is 0.178. The van der Waals surface area contributed by atoms with E-state index in [0.717, 1.165) is 11.0 Å². The second-order valence-corrected chi connectivity index (χ2v) is 1.62. The fourth-order valence-electron chi connectivity index (χ4n) is 0.0789. The number of ether oxygens (including phenoxy) is 1. The van der Waals surface area contributed by atoms with Crippen molar-refractivity contribution in [1.82, 2.24) is 4.72 Å². The first-order valence-electron chi connectivity index (χ1n) is 1.45. The molecular weight excluding hydrogens is 134 g/mol. The first-order valence-corrected chi connectivity index (χ1v) is 3.32. The zero-order chi connectivity index (χ0) is 5.70. The first-order chi connectivity index (χ1) is 3.31. The van der Waals surface area contributed by atoms with Gasteiger partial charge in [-0.3, -0.25) is 4.72 Å². The number of thiol groups is 1. The van der Waals surface area contributed by atoms with Crippen LogP contribution in [0, 0.1) is 0 Å². The van der Waals surface area contributed by atoms with Crippen LogP contribution in [-0.2, 0) is 4.74 Å². The zero-order valence-electron chi connectivity index (χ0n) is 3.67. The Morgan fingerprint density at radius 2 is 2.57 bits per heavy atom. The largest absolute Gasteiger partial charge is 0.452 e. The summed E-state index contributed by atoms with van der Waals surface area (Å²) in [5.74, 6) is 0. The van der Waals surface area contributed by atoms with Gasteiger partial charge in [0.1, 0.15) is 0 Å². The Morgan fingerprint density at radius 3 is 2.71 bits per heavy atom. The van der Waals surface area contributed by atoms with Gasteiger partial charge < -0.3 is 4.74 Å². The molecular formula is C2H5NO2S2. The van der Waals surface area contributed by atoms with Gasteiger partial charge in [0.2, 0.25) is 0 Å². The van der Waals surface area contributed by atoms with Gasteiger partial charge in [-0.1, -0.05) is 11.7 Å². The van der Waals surface area contributed by atoms with E-state index >= 15 is 0 Å². The number of amides is 1. The van der Waals surface area contributed by atoms with Gasteiger partial charge in [-0.05, 0) is 0 Å². The van der Waals surface area contributed by atoms with Crippen molar-refractivity contribution in [3.05, 3.63) is 0 Å². The molecule has 0 aromatic rings. The van der Waals surface area contributed by atoms with Crippen LogP contribution in [-0.4, -0.2) is 13.2 Å². The van der Waals surface area contributed by atoms with E-state index in [1.165, 1.54) is 7.11 Å². The van der Waals surface area contributed by atoms with Crippen LogP contribution in [0.3, 0.4) is 0 Å². The van der Waals surface area contributed by atoms with Crippen LogP contribution in [0.1, 0.15) is 0 Å². The van der Waals surface area contributed by atoms with E-state index in [0.29, 0.717) is 0 Å². The Labute approximate surface area is 50.7 Å². The third kappa shape index (κ3) is 3.81. The highest BCUT2D eigenvalue weighted by Gasteiger charge is 1.91. The van der Waals surface area contributed by atoms with Crippen molar-refractivity contribution in [2.75, 3.05) is 7.11 Å². The zero-order valence-corrected chi connectivity index (χ0v) is 5.38. The summed E-state index contributed by atoms with van der Waals surface area (Å²) >= 11 is 3.62. The predicted octanol–water partition coefficient (Wildman–Crippen LogP) is 0.835. The fourth-order valence-corrected chi connectivity index (χ4v) is 0.460. The van der Waals surface area contributed by atoms with Gasteiger partial charge in [0.05, 0.1) is 7.11 Å². The molecule has 0 spiro atoms. The molecule has 0 aliphatic rings. The van der Waals surface area contributed by atoms with Crippen molar-refractivity contribution in [3.8, 4) is 0 Å². The summed E-state index contributed by atoms with van der Waals surface area (Å²) in [5, 5.41) is 0. The van der Waals surface area contributed by atoms with Crippen molar-refractivity contribution in [1.29, 1.82) is 0 Å². The number of hydrogen-bond donors (Lipinski definition) is 2. The molecule has 1 amide bonds. The summed E-state index contributed by atoms with van der Waals surface area (Å²) in [6, 6.07) is 0. The van der Waals surface area contributed by atoms with Crippen LogP contribution >= 0.6 is 22.6 Å². The molecule has 0 radical (unpaired) electrons. The maximum atomic E-state index is 10.0. The fraction of sp³-hybridized carbons (Fsp3) is 0.500. The normalized spacial score (nSPS) is 7.71. The van der Waals surface area contributed by atoms with Gasteiger partial charge in [0, 0.05) is 11.0 Å². The van der Waals surface area contributed by atoms with Crippen LogP contribution < -0.4 is 4.72 Å². The van der Waals surface area contributed by atoms with Crippen molar-refractivity contribution < 1.29 is 9.53 Å². The number of carbonyl (C=O) groups excluding carboxylic acids is 1. The lowest BCUT2D eigenvalue weighted by Gasteiger charge is -1.93. The molecule has 0 aliphatic heterocycles. The first kappa shape index (κ1) is 6.97. The summed E-state index contributed by atoms with van der Waals surface area (Å²) in [6.45, 7) is 0. The minimum absolute atomic E-state index is 0.486. The molecule has 0 atom stereocenters. The Morgan fingerprint density at radius 1 is 2.00 bits per heavy atom. The SMILES string of the molecule is COC(=O)NSS. The molecule has 0 rings (SSSR count). The Bertz CT molecular complexity index is 66.7. The number of nitrogens with one attached hydrogen (secondary N) is 1. The summed E-state index contributed by atoms with van der Waals surface area (Å²) in [6.07, 6.45) is -0.486. The minimum atomic E-state index is -0.486. The number of hydrogen-bond acceptors (Lipinski definition) is 4. The topological polar surface area (TPSA) is 38.3 Å². The molecule has 7 heavy (non-hydrogen) atoms. The molecule has 3 nitrogen and oxygen atoms in total. The van der Waals surface area contributed by atoms with Crippen molar-refractivity contribution in [2.45, 2.75) is 0 Å². The average Bonchev–Trinajstić information content (AvgIpc) is 1.68. The standard InChI is InChI=1S/C2H5NO2S2/c1-5-2(4)3-7-6/h6H,1H3,(H,3,4). The quantitative estimate of drug-likeness (QED) is 0.321. The van der Waals surface area contributed by atoms with Crippen molar-refractivity contribution in [3.63, 3.8) is 0 Å². The van der Waals surface area contributed by atoms with Crippen molar-refractivity contribution in [2.24, 2.45) is 0 Å². The van der Waals surface area contributed by atoms with Crippen LogP contribution in [0.5, 0.6) is 0 Å². The third-order valence-corrected chi connectivity index (χ3v) is 0.846. The highest BCUT2D eigenvalue weighted by molar-refractivity contribution is 8.67. The van der Waals surface area contributed by atoms with Crippen LogP contribution in [0.25, 0.3) is 0 Å². The average molecular weight is 139 g/mol. The molecule has 0 bridgehead atoms. The van der Waals surface area contributed by atoms with E-state index in [4.69, 9.17) is 0 Å². The van der Waals surface area contributed by atoms with E-state index in [9.17, 15) is 4.79 Å². The molecule has 0 aliphatic carbocycles. The van der Waals surface area contributed by atoms with Gasteiger partial charge in [-0.2, -0.15) is 0 Å². The van der Waals surface area contributed by atoms with Gasteiger partial charge in [0.25, 0.3) is 0 Å². The molecule has 0 saturated carbocycles. The summed E-state index contributed by atoms with van der Waals surface area (Å²) < 4.78 is 6.39. The third-order valence-electron chi connectivity index (χ3n) is 0.314. The van der Waals surface area contributed by atoms with E-state index in [2.05, 4.69) is 21.1 Å². The number of methoxy groups -OCH3 is 1. The van der Waals surface area contributed by atoms with Gasteiger partial charge in [0.15, 0.2) is 0 Å². The van der Waals surface area contributed by atoms with Gasteiger partial charge in [-0.25, -0.2) is 4.79 Å². The summed E-state index contributed by atoms with van der Waals surface area (Å²) in [7, 11) is 2.20. The van der Waals surface area contributed by atoms with E-state index in [1.807, 2.05) is 0 Å². The molecule has 0 heterocycles. The molecule has 0 saturated heterocycles. The van der Waals surface area contributed by atoms with Crippen LogP contribution in [0.15, 0.2) is 0 Å². The van der Waals surface area contributed by atoms with Crippen LogP contribution in [0.2, 0.25) is 0 Å². The monoisotopic (exact) mass is 139 g/mol. The van der Waals surface area contributed by atoms with Gasteiger partial charge in [-0.15, -0.1) is 0 Å². The Kier molecular flexibility index (Phi) is 4.12. The Hall–Kier alpha value is -0.0300. The lowest BCUT2D eigenvalue weighted by atomic mass is 11.2. The molecule has 0 unspecified atom stereocenters. The molecule has 0 aromatic heterocycles. The highest BCUT2D eigenvalue weighted by Crippen LogP contribution is 1.95. The van der Waals surface area contributed by atoms with E-state index in [1.54, 1.807) is 0 Å². The number of carbonyl (C=O) groups is 1. The highest BCUT2D eigenvalue weighted by atomic mass is 33.1. The second-order valence-electron chi connectivity index (χ2n) is 0.685. The van der Waals surface area contributed by atoms with E-state index < -0.39 is 6.09 Å². The molecule has 5 heteroatoms. The van der Waals surface area contributed by atoms with Gasteiger partial charge >= 0.3 is 6.09 Å². The maximum Gasteiger partial charge on any atom is 0.417 e. The van der Waals surface area contributed by atoms with Crippen LogP contribution in [0.4, 0.5) is 4.79 Å². The molecule has 0 aromatic carbocycles. The lowest BCUT2D eigenvalue weighted by Crippen LogP contribution is -2.12. The summed E-state index contributed by atoms with van der Waals surface area (Å²) in [5.41, 5.74) is 0. The molecule has 42 valence electrons. The predicted molar refractivity (Wildman–Crippen MR) is 32.1 cm³/mol. The minimum Gasteiger partial charge on any atom is -0.452 e. The summed E-state index contributed by atoms with van der Waals surface area (Å²) in [4.78, 5) is 10.0. The molecule has 0 fully saturated rings. The molecule has 1 N–H and O–H groups in total. The Balaban J connectivity index is 3.00. The second kappa shape index (κ2) is 4.14. The maximum absolute atomic E-state index is 10.0. The van der Waals surface area contributed by atoms with E-state index in [-0.39, 0.29) is 0 Å².